The Hall–Kier alpha value is -1.01. The van der Waals surface area contributed by atoms with Gasteiger partial charge in [-0.25, -0.2) is 0 Å². The zero-order valence-corrected chi connectivity index (χ0v) is 7.75. The van der Waals surface area contributed by atoms with E-state index < -0.39 is 5.60 Å². The van der Waals surface area contributed by atoms with E-state index in [-0.39, 0.29) is 11.9 Å². The largest absolute Gasteiger partial charge is 0.469 e. The molecule has 13 heavy (non-hydrogen) atoms. The number of carbonyl (C=O) groups excluding carboxylic acids is 1. The molecule has 0 aromatic carbocycles. The van der Waals surface area contributed by atoms with Crippen LogP contribution < -0.4 is 0 Å². The van der Waals surface area contributed by atoms with Gasteiger partial charge in [0.1, 0.15) is 5.60 Å². The van der Waals surface area contributed by atoms with Crippen molar-refractivity contribution in [3.63, 3.8) is 0 Å². The molecule has 1 aliphatic carbocycles. The number of carbonyl (C=O) groups is 1. The van der Waals surface area contributed by atoms with Crippen molar-refractivity contribution < 1.29 is 14.6 Å². The minimum atomic E-state index is -1.10. The van der Waals surface area contributed by atoms with Crippen LogP contribution in [0.3, 0.4) is 0 Å². The quantitative estimate of drug-likeness (QED) is 0.480. The monoisotopic (exact) mass is 182 g/mol. The number of hydrogen-bond acceptors (Lipinski definition) is 3. The topological polar surface area (TPSA) is 46.5 Å². The molecule has 2 unspecified atom stereocenters. The van der Waals surface area contributed by atoms with Crippen LogP contribution in [0.15, 0.2) is 0 Å². The highest BCUT2D eigenvalue weighted by molar-refractivity contribution is 5.72. The van der Waals surface area contributed by atoms with E-state index in [0.717, 1.165) is 12.8 Å². The Bertz CT molecular complexity index is 241. The van der Waals surface area contributed by atoms with E-state index in [4.69, 9.17) is 6.42 Å². The van der Waals surface area contributed by atoms with Gasteiger partial charge in [-0.05, 0) is 19.3 Å². The van der Waals surface area contributed by atoms with Crippen LogP contribution in [0.25, 0.3) is 0 Å². The summed E-state index contributed by atoms with van der Waals surface area (Å²) in [6.45, 7) is 0. The molecule has 3 nitrogen and oxygen atoms in total. The predicted octanol–water partition coefficient (Wildman–Crippen LogP) is 0.714. The van der Waals surface area contributed by atoms with Gasteiger partial charge in [-0.1, -0.05) is 5.92 Å². The van der Waals surface area contributed by atoms with Crippen molar-refractivity contribution in [3.8, 4) is 12.3 Å². The third-order valence-electron chi connectivity index (χ3n) is 2.53. The molecule has 1 saturated carbocycles. The molecule has 72 valence electrons. The zero-order chi connectivity index (χ0) is 9.90. The summed E-state index contributed by atoms with van der Waals surface area (Å²) in [7, 11) is 1.35. The molecule has 1 aliphatic rings. The first-order valence-electron chi connectivity index (χ1n) is 4.39. The first kappa shape index (κ1) is 10.1. The van der Waals surface area contributed by atoms with Crippen molar-refractivity contribution >= 4 is 5.97 Å². The number of esters is 1. The van der Waals surface area contributed by atoms with Gasteiger partial charge < -0.3 is 9.84 Å². The van der Waals surface area contributed by atoms with Gasteiger partial charge in [-0.3, -0.25) is 4.79 Å². The third-order valence-corrected chi connectivity index (χ3v) is 2.53. The molecule has 0 spiro atoms. The van der Waals surface area contributed by atoms with E-state index in [1.807, 2.05) is 0 Å². The second-order valence-corrected chi connectivity index (χ2v) is 3.49. The van der Waals surface area contributed by atoms with Gasteiger partial charge in [-0.2, -0.15) is 0 Å². The maximum atomic E-state index is 11.2. The van der Waals surface area contributed by atoms with Gasteiger partial charge in [0.25, 0.3) is 0 Å². The average molecular weight is 182 g/mol. The number of rotatable bonds is 1. The number of methoxy groups -OCH3 is 1. The molecule has 0 radical (unpaired) electrons. The van der Waals surface area contributed by atoms with Gasteiger partial charge in [0, 0.05) is 6.42 Å². The second kappa shape index (κ2) is 3.80. The van der Waals surface area contributed by atoms with E-state index in [0.29, 0.717) is 12.8 Å². The van der Waals surface area contributed by atoms with E-state index in [1.54, 1.807) is 0 Å². The summed E-state index contributed by atoms with van der Waals surface area (Å²) in [6, 6.07) is 0. The van der Waals surface area contributed by atoms with Gasteiger partial charge in [0.2, 0.25) is 0 Å². The van der Waals surface area contributed by atoms with E-state index in [9.17, 15) is 9.90 Å². The minimum absolute atomic E-state index is 0.236. The Morgan fingerprint density at radius 2 is 2.46 bits per heavy atom. The maximum absolute atomic E-state index is 11.2. The van der Waals surface area contributed by atoms with Crippen LogP contribution >= 0.6 is 0 Å². The molecular formula is C10H14O3. The maximum Gasteiger partial charge on any atom is 0.308 e. The molecule has 2 atom stereocenters. The summed E-state index contributed by atoms with van der Waals surface area (Å²) in [5.41, 5.74) is -1.10. The van der Waals surface area contributed by atoms with E-state index in [2.05, 4.69) is 10.7 Å². The fraction of sp³-hybridized carbons (Fsp3) is 0.700. The standard InChI is InChI=1S/C10H14O3/c1-3-10(12)6-4-5-8(7-10)9(11)13-2/h1,8,12H,4-7H2,2H3. The lowest BCUT2D eigenvalue weighted by Gasteiger charge is -2.31. The second-order valence-electron chi connectivity index (χ2n) is 3.49. The summed E-state index contributed by atoms with van der Waals surface area (Å²) in [5, 5.41) is 9.75. The summed E-state index contributed by atoms with van der Waals surface area (Å²) < 4.78 is 4.61. The highest BCUT2D eigenvalue weighted by Gasteiger charge is 2.36. The Balaban J connectivity index is 2.62. The fourth-order valence-corrected chi connectivity index (χ4v) is 1.75. The van der Waals surface area contributed by atoms with Crippen molar-refractivity contribution in [2.24, 2.45) is 5.92 Å². The first-order valence-corrected chi connectivity index (χ1v) is 4.39. The number of aliphatic hydroxyl groups is 1. The Morgan fingerprint density at radius 3 is 3.00 bits per heavy atom. The van der Waals surface area contributed by atoms with E-state index >= 15 is 0 Å². The molecule has 1 rings (SSSR count). The predicted molar refractivity (Wildman–Crippen MR) is 47.8 cm³/mol. The highest BCUT2D eigenvalue weighted by Crippen LogP contribution is 2.32. The van der Waals surface area contributed by atoms with Crippen LogP contribution in [0.5, 0.6) is 0 Å². The molecule has 0 aromatic rings. The Morgan fingerprint density at radius 1 is 1.77 bits per heavy atom. The van der Waals surface area contributed by atoms with Crippen molar-refractivity contribution in [2.75, 3.05) is 7.11 Å². The molecule has 1 fully saturated rings. The summed E-state index contributed by atoms with van der Waals surface area (Å²) in [4.78, 5) is 11.2. The molecule has 3 heteroatoms. The van der Waals surface area contributed by atoms with Crippen LogP contribution in [0.4, 0.5) is 0 Å². The summed E-state index contributed by atoms with van der Waals surface area (Å²) in [5.74, 6) is 1.83. The van der Waals surface area contributed by atoms with Crippen molar-refractivity contribution in [2.45, 2.75) is 31.3 Å². The van der Waals surface area contributed by atoms with Crippen molar-refractivity contribution in [1.29, 1.82) is 0 Å². The van der Waals surface area contributed by atoms with E-state index in [1.165, 1.54) is 7.11 Å². The van der Waals surface area contributed by atoms with Gasteiger partial charge in [0.05, 0.1) is 13.0 Å². The summed E-state index contributed by atoms with van der Waals surface area (Å²) >= 11 is 0. The van der Waals surface area contributed by atoms with Crippen LogP contribution in [-0.2, 0) is 9.53 Å². The van der Waals surface area contributed by atoms with Crippen LogP contribution in [0.1, 0.15) is 25.7 Å². The Labute approximate surface area is 78.1 Å². The van der Waals surface area contributed by atoms with Crippen molar-refractivity contribution in [1.82, 2.24) is 0 Å². The molecule has 0 aliphatic heterocycles. The summed E-state index contributed by atoms with van der Waals surface area (Å²) in [6.07, 6.45) is 7.64. The van der Waals surface area contributed by atoms with Crippen LogP contribution in [0, 0.1) is 18.3 Å². The molecule has 1 N–H and O–H groups in total. The normalized spacial score (nSPS) is 33.5. The smallest absolute Gasteiger partial charge is 0.308 e. The van der Waals surface area contributed by atoms with Crippen molar-refractivity contribution in [3.05, 3.63) is 0 Å². The number of ether oxygens (including phenoxy) is 1. The molecular weight excluding hydrogens is 168 g/mol. The van der Waals surface area contributed by atoms with Crippen LogP contribution in [-0.4, -0.2) is 23.8 Å². The molecule has 0 amide bonds. The lowest BCUT2D eigenvalue weighted by atomic mass is 9.78. The SMILES string of the molecule is C#CC1(O)CCCC(C(=O)OC)C1. The average Bonchev–Trinajstić information content (AvgIpc) is 2.17. The molecule has 0 saturated heterocycles. The molecule has 0 bridgehead atoms. The van der Waals surface area contributed by atoms with Gasteiger partial charge >= 0.3 is 5.97 Å². The molecule has 0 heterocycles. The van der Waals surface area contributed by atoms with Gasteiger partial charge in [-0.15, -0.1) is 6.42 Å². The fourth-order valence-electron chi connectivity index (χ4n) is 1.75. The number of terminal acetylenes is 1. The zero-order valence-electron chi connectivity index (χ0n) is 7.75. The van der Waals surface area contributed by atoms with Gasteiger partial charge in [0.15, 0.2) is 0 Å². The lowest BCUT2D eigenvalue weighted by molar-refractivity contribution is -0.149. The lowest BCUT2D eigenvalue weighted by Crippen LogP contribution is -2.36. The molecule has 0 aromatic heterocycles. The third kappa shape index (κ3) is 2.22. The minimum Gasteiger partial charge on any atom is -0.469 e. The number of hydrogen-bond donors (Lipinski definition) is 1. The Kier molecular flexibility index (Phi) is 2.94. The van der Waals surface area contributed by atoms with Crippen LogP contribution in [0.2, 0.25) is 0 Å². The highest BCUT2D eigenvalue weighted by atomic mass is 16.5. The first-order chi connectivity index (χ1) is 6.11.